The molecule has 0 unspecified atom stereocenters. The van der Waals surface area contributed by atoms with Crippen molar-refractivity contribution in [1.29, 1.82) is 0 Å². The molecule has 2 aromatic heterocycles. The van der Waals surface area contributed by atoms with Crippen molar-refractivity contribution in [3.63, 3.8) is 0 Å². The van der Waals surface area contributed by atoms with Crippen LogP contribution in [-0.2, 0) is 6.42 Å². The van der Waals surface area contributed by atoms with Gasteiger partial charge in [0, 0.05) is 23.9 Å². The molecule has 2 aromatic rings. The first-order chi connectivity index (χ1) is 10.5. The van der Waals surface area contributed by atoms with Gasteiger partial charge in [-0.25, -0.2) is 9.78 Å². The summed E-state index contributed by atoms with van der Waals surface area (Å²) in [5, 5.41) is 12.6. The third kappa shape index (κ3) is 4.21. The lowest BCUT2D eigenvalue weighted by Crippen LogP contribution is -2.37. The zero-order valence-corrected chi connectivity index (χ0v) is 13.2. The maximum absolute atomic E-state index is 12.1. The number of anilines is 1. The number of hydrogen-bond acceptors (Lipinski definition) is 4. The van der Waals surface area contributed by atoms with Crippen LogP contribution in [-0.4, -0.2) is 34.4 Å². The fourth-order valence-electron chi connectivity index (χ4n) is 2.11. The second-order valence-corrected chi connectivity index (χ2v) is 5.25. The van der Waals surface area contributed by atoms with Crippen molar-refractivity contribution in [2.75, 3.05) is 12.4 Å². The Morgan fingerprint density at radius 3 is 2.82 bits per heavy atom. The third-order valence-corrected chi connectivity index (χ3v) is 3.10. The third-order valence-electron chi connectivity index (χ3n) is 3.10. The summed E-state index contributed by atoms with van der Waals surface area (Å²) < 4.78 is 5.19. The SMILES string of the molecule is COc1ccc(C)nc1NC(=O)N[C@H](C)Cc1cc(C)[nH]n1. The predicted octanol–water partition coefficient (Wildman–Crippen LogP) is 2.18. The van der Waals surface area contributed by atoms with E-state index in [4.69, 9.17) is 4.74 Å². The molecule has 0 saturated heterocycles. The van der Waals surface area contributed by atoms with Gasteiger partial charge in [-0.3, -0.25) is 10.4 Å². The Labute approximate surface area is 129 Å². The van der Waals surface area contributed by atoms with Crippen LogP contribution >= 0.6 is 0 Å². The van der Waals surface area contributed by atoms with Gasteiger partial charge in [-0.1, -0.05) is 0 Å². The first kappa shape index (κ1) is 15.8. The van der Waals surface area contributed by atoms with E-state index in [2.05, 4.69) is 25.8 Å². The molecule has 118 valence electrons. The zero-order chi connectivity index (χ0) is 16.1. The minimum atomic E-state index is -0.323. The number of methoxy groups -OCH3 is 1. The van der Waals surface area contributed by atoms with Gasteiger partial charge in [-0.15, -0.1) is 0 Å². The molecule has 1 atom stereocenters. The summed E-state index contributed by atoms with van der Waals surface area (Å²) in [6.07, 6.45) is 0.649. The molecule has 2 rings (SSSR count). The molecule has 7 nitrogen and oxygen atoms in total. The molecule has 0 radical (unpaired) electrons. The number of aromatic nitrogens is 3. The number of aromatic amines is 1. The van der Waals surface area contributed by atoms with Crippen LogP contribution in [0.1, 0.15) is 24.0 Å². The highest BCUT2D eigenvalue weighted by Gasteiger charge is 2.13. The predicted molar refractivity (Wildman–Crippen MR) is 84.2 cm³/mol. The van der Waals surface area contributed by atoms with Crippen molar-refractivity contribution < 1.29 is 9.53 Å². The molecule has 2 heterocycles. The molecule has 0 saturated carbocycles. The van der Waals surface area contributed by atoms with Crippen LogP contribution in [0.15, 0.2) is 18.2 Å². The number of carbonyl (C=O) groups excluding carboxylic acids is 1. The summed E-state index contributed by atoms with van der Waals surface area (Å²) in [5.41, 5.74) is 2.72. The first-order valence-corrected chi connectivity index (χ1v) is 7.08. The number of amides is 2. The summed E-state index contributed by atoms with van der Waals surface area (Å²) in [7, 11) is 1.54. The van der Waals surface area contributed by atoms with Gasteiger partial charge >= 0.3 is 6.03 Å². The normalized spacial score (nSPS) is 11.8. The standard InChI is InChI=1S/C15H21N5O2/c1-9-5-6-13(22-4)14(16-9)18-15(21)17-10(2)7-12-8-11(3)19-20-12/h5-6,8,10H,7H2,1-4H3,(H,19,20)(H2,16,17,18,21)/t10-/m1/s1. The van der Waals surface area contributed by atoms with E-state index in [-0.39, 0.29) is 12.1 Å². The van der Waals surface area contributed by atoms with Crippen LogP contribution in [0.4, 0.5) is 10.6 Å². The van der Waals surface area contributed by atoms with Gasteiger partial charge in [-0.05, 0) is 39.0 Å². The van der Waals surface area contributed by atoms with Gasteiger partial charge in [0.1, 0.15) is 0 Å². The maximum atomic E-state index is 12.1. The topological polar surface area (TPSA) is 91.9 Å². The van der Waals surface area contributed by atoms with E-state index in [1.807, 2.05) is 32.9 Å². The van der Waals surface area contributed by atoms with Crippen molar-refractivity contribution in [1.82, 2.24) is 20.5 Å². The smallest absolute Gasteiger partial charge is 0.320 e. The molecule has 3 N–H and O–H groups in total. The molecule has 0 spiro atoms. The van der Waals surface area contributed by atoms with Crippen LogP contribution in [0.3, 0.4) is 0 Å². The van der Waals surface area contributed by atoms with E-state index < -0.39 is 0 Å². The molecule has 2 amide bonds. The van der Waals surface area contributed by atoms with Crippen LogP contribution in [0.2, 0.25) is 0 Å². The van der Waals surface area contributed by atoms with E-state index in [1.54, 1.807) is 6.07 Å². The van der Waals surface area contributed by atoms with Crippen molar-refractivity contribution in [3.05, 3.63) is 35.3 Å². The summed E-state index contributed by atoms with van der Waals surface area (Å²) >= 11 is 0. The van der Waals surface area contributed by atoms with Gasteiger partial charge in [-0.2, -0.15) is 5.10 Å². The zero-order valence-electron chi connectivity index (χ0n) is 13.2. The van der Waals surface area contributed by atoms with Gasteiger partial charge in [0.15, 0.2) is 11.6 Å². The van der Waals surface area contributed by atoms with E-state index in [1.165, 1.54) is 7.11 Å². The average molecular weight is 303 g/mol. The van der Waals surface area contributed by atoms with Gasteiger partial charge in [0.05, 0.1) is 12.8 Å². The van der Waals surface area contributed by atoms with Gasteiger partial charge < -0.3 is 10.1 Å². The van der Waals surface area contributed by atoms with Crippen molar-refractivity contribution >= 4 is 11.8 Å². The lowest BCUT2D eigenvalue weighted by molar-refractivity contribution is 0.249. The second-order valence-electron chi connectivity index (χ2n) is 5.25. The van der Waals surface area contributed by atoms with E-state index in [9.17, 15) is 4.79 Å². The molecule has 7 heteroatoms. The van der Waals surface area contributed by atoms with Crippen LogP contribution in [0.5, 0.6) is 5.75 Å². The van der Waals surface area contributed by atoms with Crippen molar-refractivity contribution in [2.24, 2.45) is 0 Å². The fourth-order valence-corrected chi connectivity index (χ4v) is 2.11. The molecule has 0 aliphatic carbocycles. The fraction of sp³-hybridized carbons (Fsp3) is 0.400. The summed E-state index contributed by atoms with van der Waals surface area (Å²) in [4.78, 5) is 16.3. The number of H-pyrrole nitrogens is 1. The number of aryl methyl sites for hydroxylation is 2. The number of nitrogens with one attached hydrogen (secondary N) is 3. The first-order valence-electron chi connectivity index (χ1n) is 7.08. The van der Waals surface area contributed by atoms with E-state index in [0.29, 0.717) is 18.0 Å². The minimum absolute atomic E-state index is 0.0569. The highest BCUT2D eigenvalue weighted by molar-refractivity contribution is 5.89. The summed E-state index contributed by atoms with van der Waals surface area (Å²) in [5.74, 6) is 0.930. The number of nitrogens with zero attached hydrogens (tertiary/aromatic N) is 2. The van der Waals surface area contributed by atoms with Crippen LogP contribution in [0.25, 0.3) is 0 Å². The molecule has 0 fully saturated rings. The monoisotopic (exact) mass is 303 g/mol. The number of ether oxygens (including phenoxy) is 1. The minimum Gasteiger partial charge on any atom is -0.493 e. The second kappa shape index (κ2) is 6.93. The summed E-state index contributed by atoms with van der Waals surface area (Å²) in [6.45, 7) is 5.71. The van der Waals surface area contributed by atoms with Gasteiger partial charge in [0.25, 0.3) is 0 Å². The Morgan fingerprint density at radius 2 is 2.18 bits per heavy atom. The molecule has 0 aliphatic rings. The lowest BCUT2D eigenvalue weighted by Gasteiger charge is -2.14. The van der Waals surface area contributed by atoms with Crippen LogP contribution < -0.4 is 15.4 Å². The lowest BCUT2D eigenvalue weighted by atomic mass is 10.2. The Morgan fingerprint density at radius 1 is 1.41 bits per heavy atom. The summed E-state index contributed by atoms with van der Waals surface area (Å²) in [6, 6.07) is 5.18. The Bertz CT molecular complexity index is 653. The Kier molecular flexibility index (Phi) is 4.98. The largest absolute Gasteiger partial charge is 0.493 e. The Balaban J connectivity index is 1.93. The molecule has 0 aliphatic heterocycles. The number of hydrogen-bond donors (Lipinski definition) is 3. The number of pyridine rings is 1. The molecular formula is C15H21N5O2. The van der Waals surface area contributed by atoms with Crippen molar-refractivity contribution in [2.45, 2.75) is 33.2 Å². The maximum Gasteiger partial charge on any atom is 0.320 e. The average Bonchev–Trinajstić information content (AvgIpc) is 2.83. The van der Waals surface area contributed by atoms with Gasteiger partial charge in [0.2, 0.25) is 0 Å². The number of carbonyl (C=O) groups is 1. The highest BCUT2D eigenvalue weighted by atomic mass is 16.5. The Hall–Kier alpha value is -2.57. The quantitative estimate of drug-likeness (QED) is 0.789. The van der Waals surface area contributed by atoms with Crippen LogP contribution in [0, 0.1) is 13.8 Å². The number of urea groups is 1. The molecule has 22 heavy (non-hydrogen) atoms. The van der Waals surface area contributed by atoms with E-state index in [0.717, 1.165) is 17.1 Å². The number of rotatable bonds is 5. The highest BCUT2D eigenvalue weighted by Crippen LogP contribution is 2.21. The van der Waals surface area contributed by atoms with E-state index >= 15 is 0 Å². The molecular weight excluding hydrogens is 282 g/mol. The molecule has 0 bridgehead atoms. The van der Waals surface area contributed by atoms with Crippen molar-refractivity contribution in [3.8, 4) is 5.75 Å². The molecule has 0 aromatic carbocycles.